The second kappa shape index (κ2) is 4.61. The molecule has 1 aromatic rings. The van der Waals surface area contributed by atoms with E-state index >= 15 is 0 Å². The Hall–Kier alpha value is -0.810. The van der Waals surface area contributed by atoms with Gasteiger partial charge >= 0.3 is 0 Å². The van der Waals surface area contributed by atoms with Crippen LogP contribution in [0.25, 0.3) is 0 Å². The van der Waals surface area contributed by atoms with Crippen molar-refractivity contribution >= 4 is 22.4 Å². The molecule has 0 saturated carbocycles. The molecule has 1 aliphatic rings. The first-order valence-electron chi connectivity index (χ1n) is 4.92. The van der Waals surface area contributed by atoms with Gasteiger partial charge in [0.2, 0.25) is 0 Å². The minimum atomic E-state index is 0.354. The molecule has 2 heterocycles. The summed E-state index contributed by atoms with van der Waals surface area (Å²) < 4.78 is 9.59. The van der Waals surface area contributed by atoms with Crippen LogP contribution in [0.4, 0.5) is 10.8 Å². The average Bonchev–Trinajstić information content (AvgIpc) is 2.63. The lowest BCUT2D eigenvalue weighted by molar-refractivity contribution is 0.0248. The monoisotopic (exact) mass is 213 g/mol. The number of hydrogen-bond donors (Lipinski definition) is 2. The first-order valence-corrected chi connectivity index (χ1v) is 5.69. The minimum absolute atomic E-state index is 0.354. The van der Waals surface area contributed by atoms with Crippen LogP contribution in [0.1, 0.15) is 19.3 Å². The summed E-state index contributed by atoms with van der Waals surface area (Å²) in [6, 6.07) is 1.85. The molecule has 1 atom stereocenters. The third-order valence-electron chi connectivity index (χ3n) is 2.31. The molecule has 1 fully saturated rings. The highest BCUT2D eigenvalue weighted by Gasteiger charge is 2.13. The molecule has 0 radical (unpaired) electrons. The van der Waals surface area contributed by atoms with Gasteiger partial charge in [-0.25, -0.2) is 0 Å². The Labute approximate surface area is 87.6 Å². The van der Waals surface area contributed by atoms with Gasteiger partial charge in [-0.05, 0) is 30.8 Å². The summed E-state index contributed by atoms with van der Waals surface area (Å²) >= 11 is 1.40. The number of nitrogen functional groups attached to an aromatic ring is 1. The molecule has 1 aliphatic heterocycles. The van der Waals surface area contributed by atoms with Crippen molar-refractivity contribution in [2.75, 3.05) is 24.2 Å². The van der Waals surface area contributed by atoms with Crippen molar-refractivity contribution in [3.8, 4) is 0 Å². The van der Waals surface area contributed by atoms with Gasteiger partial charge in [-0.15, -0.1) is 0 Å². The maximum absolute atomic E-state index is 5.60. The summed E-state index contributed by atoms with van der Waals surface area (Å²) in [5.41, 5.74) is 5.52. The molecular formula is C9H15N3OS. The summed E-state index contributed by atoms with van der Waals surface area (Å²) in [4.78, 5) is 0. The average molecular weight is 213 g/mol. The number of anilines is 2. The van der Waals surface area contributed by atoms with E-state index < -0.39 is 0 Å². The Morgan fingerprint density at radius 3 is 3.21 bits per heavy atom. The smallest absolute Gasteiger partial charge is 0.139 e. The highest BCUT2D eigenvalue weighted by molar-refractivity contribution is 7.10. The normalized spacial score (nSPS) is 22.1. The van der Waals surface area contributed by atoms with Crippen molar-refractivity contribution in [1.82, 2.24) is 4.37 Å². The maximum atomic E-state index is 5.60. The van der Waals surface area contributed by atoms with Crippen molar-refractivity contribution < 1.29 is 4.74 Å². The van der Waals surface area contributed by atoms with Crippen LogP contribution >= 0.6 is 11.5 Å². The summed E-state index contributed by atoms with van der Waals surface area (Å²) in [5, 5.41) is 4.31. The number of nitrogens with zero attached hydrogens (tertiary/aromatic N) is 1. The van der Waals surface area contributed by atoms with Gasteiger partial charge in [-0.2, -0.15) is 4.37 Å². The number of nitrogens with one attached hydrogen (secondary N) is 1. The second-order valence-corrected chi connectivity index (χ2v) is 4.29. The van der Waals surface area contributed by atoms with Crippen molar-refractivity contribution in [2.24, 2.45) is 0 Å². The van der Waals surface area contributed by atoms with E-state index in [1.807, 2.05) is 6.07 Å². The zero-order chi connectivity index (χ0) is 9.80. The molecule has 14 heavy (non-hydrogen) atoms. The number of aromatic nitrogens is 1. The van der Waals surface area contributed by atoms with E-state index in [1.165, 1.54) is 24.4 Å². The Morgan fingerprint density at radius 2 is 2.57 bits per heavy atom. The maximum Gasteiger partial charge on any atom is 0.139 e. The van der Waals surface area contributed by atoms with Crippen LogP contribution in [-0.2, 0) is 4.74 Å². The zero-order valence-electron chi connectivity index (χ0n) is 8.03. The molecule has 2 rings (SSSR count). The summed E-state index contributed by atoms with van der Waals surface area (Å²) in [6.07, 6.45) is 3.98. The van der Waals surface area contributed by atoms with E-state index in [-0.39, 0.29) is 0 Å². The van der Waals surface area contributed by atoms with Crippen molar-refractivity contribution in [1.29, 1.82) is 0 Å². The Balaban J connectivity index is 1.76. The summed E-state index contributed by atoms with van der Waals surface area (Å²) in [5.74, 6) is 0.585. The van der Waals surface area contributed by atoms with E-state index in [9.17, 15) is 0 Å². The number of hydrogen-bond acceptors (Lipinski definition) is 5. The lowest BCUT2D eigenvalue weighted by Crippen LogP contribution is -2.26. The Kier molecular flexibility index (Phi) is 3.21. The summed E-state index contributed by atoms with van der Waals surface area (Å²) in [7, 11) is 0. The van der Waals surface area contributed by atoms with Gasteiger partial charge < -0.3 is 15.8 Å². The highest BCUT2D eigenvalue weighted by Crippen LogP contribution is 2.19. The standard InChI is InChI=1S/C9H15N3OS/c10-8-5-9(14-12-8)11-6-7-3-1-2-4-13-7/h5,7,11H,1-4,6H2,(H2,10,12). The molecule has 0 spiro atoms. The van der Waals surface area contributed by atoms with Gasteiger partial charge in [0, 0.05) is 19.2 Å². The fourth-order valence-electron chi connectivity index (χ4n) is 1.56. The quantitative estimate of drug-likeness (QED) is 0.802. The Bertz CT molecular complexity index is 283. The van der Waals surface area contributed by atoms with Crippen molar-refractivity contribution in [2.45, 2.75) is 25.4 Å². The topological polar surface area (TPSA) is 60.2 Å². The van der Waals surface area contributed by atoms with Crippen LogP contribution in [0, 0.1) is 0 Å². The molecule has 78 valence electrons. The fourth-order valence-corrected chi connectivity index (χ4v) is 2.13. The molecule has 3 N–H and O–H groups in total. The third-order valence-corrected chi connectivity index (χ3v) is 3.07. The predicted molar refractivity (Wildman–Crippen MR) is 58.6 cm³/mol. The number of rotatable bonds is 3. The SMILES string of the molecule is Nc1cc(NCC2CCCCO2)sn1. The molecule has 4 nitrogen and oxygen atoms in total. The molecule has 0 amide bonds. The van der Waals surface area contributed by atoms with Crippen LogP contribution in [0.5, 0.6) is 0 Å². The molecular weight excluding hydrogens is 198 g/mol. The van der Waals surface area contributed by atoms with E-state index in [2.05, 4.69) is 9.69 Å². The minimum Gasteiger partial charge on any atom is -0.383 e. The van der Waals surface area contributed by atoms with Crippen LogP contribution in [-0.4, -0.2) is 23.6 Å². The zero-order valence-corrected chi connectivity index (χ0v) is 8.85. The van der Waals surface area contributed by atoms with Crippen molar-refractivity contribution in [3.63, 3.8) is 0 Å². The summed E-state index contributed by atoms with van der Waals surface area (Å²) in [6.45, 7) is 1.76. The van der Waals surface area contributed by atoms with Crippen LogP contribution in [0.2, 0.25) is 0 Å². The van der Waals surface area contributed by atoms with Gasteiger partial charge in [0.25, 0.3) is 0 Å². The molecule has 1 saturated heterocycles. The van der Waals surface area contributed by atoms with Crippen LogP contribution in [0.3, 0.4) is 0 Å². The third kappa shape index (κ3) is 2.59. The fraction of sp³-hybridized carbons (Fsp3) is 0.667. The lowest BCUT2D eigenvalue weighted by atomic mass is 10.1. The van der Waals surface area contributed by atoms with Crippen LogP contribution < -0.4 is 11.1 Å². The second-order valence-electron chi connectivity index (χ2n) is 3.49. The molecule has 0 aliphatic carbocycles. The number of ether oxygens (including phenoxy) is 1. The largest absolute Gasteiger partial charge is 0.383 e. The first kappa shape index (κ1) is 9.73. The van der Waals surface area contributed by atoms with E-state index in [0.29, 0.717) is 11.9 Å². The van der Waals surface area contributed by atoms with Gasteiger partial charge in [0.05, 0.1) is 6.10 Å². The highest BCUT2D eigenvalue weighted by atomic mass is 32.1. The van der Waals surface area contributed by atoms with Crippen molar-refractivity contribution in [3.05, 3.63) is 6.07 Å². The lowest BCUT2D eigenvalue weighted by Gasteiger charge is -2.22. The van der Waals surface area contributed by atoms with E-state index in [4.69, 9.17) is 10.5 Å². The first-order chi connectivity index (χ1) is 6.84. The van der Waals surface area contributed by atoms with E-state index in [0.717, 1.165) is 24.6 Å². The van der Waals surface area contributed by atoms with E-state index in [1.54, 1.807) is 0 Å². The Morgan fingerprint density at radius 1 is 1.64 bits per heavy atom. The van der Waals surface area contributed by atoms with Crippen LogP contribution in [0.15, 0.2) is 6.07 Å². The molecule has 0 bridgehead atoms. The van der Waals surface area contributed by atoms with Gasteiger partial charge in [-0.1, -0.05) is 0 Å². The molecule has 1 unspecified atom stereocenters. The van der Waals surface area contributed by atoms with Gasteiger partial charge in [-0.3, -0.25) is 0 Å². The van der Waals surface area contributed by atoms with Gasteiger partial charge in [0.1, 0.15) is 10.8 Å². The molecule has 1 aromatic heterocycles. The van der Waals surface area contributed by atoms with Gasteiger partial charge in [0.15, 0.2) is 0 Å². The number of nitrogens with two attached hydrogens (primary N) is 1. The predicted octanol–water partition coefficient (Wildman–Crippen LogP) is 1.71. The molecule has 0 aromatic carbocycles. The molecule has 5 heteroatoms.